The number of hydrogen-bond donors (Lipinski definition) is 1. The number of halogens is 1. The maximum atomic E-state index is 12.2. The highest BCUT2D eigenvalue weighted by Gasteiger charge is 2.11. The van der Waals surface area contributed by atoms with Crippen LogP contribution in [0.3, 0.4) is 0 Å². The number of ketones is 1. The average molecular weight is 405 g/mol. The highest BCUT2D eigenvalue weighted by Crippen LogP contribution is 2.34. The van der Waals surface area contributed by atoms with E-state index < -0.39 is 0 Å². The summed E-state index contributed by atoms with van der Waals surface area (Å²) in [6.45, 7) is 0.520. The number of methoxy groups -OCH3 is 1. The Hall–Kier alpha value is -2.27. The number of hydrogen-bond acceptors (Lipinski definition) is 4. The Morgan fingerprint density at radius 1 is 1.20 bits per heavy atom. The smallest absolute Gasteiger partial charge is 0.185 e. The van der Waals surface area contributed by atoms with Crippen molar-refractivity contribution >= 4 is 27.8 Å². The summed E-state index contributed by atoms with van der Waals surface area (Å²) in [5.41, 5.74) is 1.05. The molecule has 0 aliphatic carbocycles. The first-order valence-corrected chi connectivity index (χ1v) is 9.15. The van der Waals surface area contributed by atoms with Crippen molar-refractivity contribution in [3.8, 4) is 17.2 Å². The van der Waals surface area contributed by atoms with Gasteiger partial charge in [0.05, 0.1) is 19.3 Å². The van der Waals surface area contributed by atoms with E-state index in [0.29, 0.717) is 29.2 Å². The van der Waals surface area contributed by atoms with Crippen LogP contribution in [-0.2, 0) is 0 Å². The number of ether oxygens (including phenoxy) is 2. The van der Waals surface area contributed by atoms with Gasteiger partial charge in [0, 0.05) is 23.0 Å². The van der Waals surface area contributed by atoms with Crippen LogP contribution in [0.5, 0.6) is 17.2 Å². The first-order chi connectivity index (χ1) is 12.2. The number of rotatable bonds is 9. The molecule has 0 aliphatic heterocycles. The van der Waals surface area contributed by atoms with E-state index in [-0.39, 0.29) is 11.5 Å². The number of carbonyl (C=O) groups excluding carboxylic acids is 1. The predicted octanol–water partition coefficient (Wildman–Crippen LogP) is 4.85. The second-order valence-electron chi connectivity index (χ2n) is 5.37. The normalized spacial score (nSPS) is 10.8. The zero-order valence-corrected chi connectivity index (χ0v) is 15.7. The molecule has 0 aromatic heterocycles. The van der Waals surface area contributed by atoms with Gasteiger partial charge in [0.2, 0.25) is 0 Å². The van der Waals surface area contributed by atoms with Gasteiger partial charge in [-0.1, -0.05) is 46.3 Å². The molecule has 2 aromatic rings. The minimum absolute atomic E-state index is 0.00644. The molecule has 25 heavy (non-hydrogen) atoms. The summed E-state index contributed by atoms with van der Waals surface area (Å²) in [7, 11) is 1.53. The maximum Gasteiger partial charge on any atom is 0.185 e. The molecule has 0 amide bonds. The molecule has 0 aliphatic rings. The first kappa shape index (κ1) is 19.1. The van der Waals surface area contributed by atoms with Crippen LogP contribution in [0.15, 0.2) is 48.5 Å². The Bertz CT molecular complexity index is 726. The molecule has 4 nitrogen and oxygen atoms in total. The Labute approximate surface area is 156 Å². The van der Waals surface area contributed by atoms with Gasteiger partial charge in [-0.2, -0.15) is 0 Å². The molecule has 132 valence electrons. The lowest BCUT2D eigenvalue weighted by Gasteiger charge is -2.12. The van der Waals surface area contributed by atoms with Crippen molar-refractivity contribution in [3.63, 3.8) is 0 Å². The summed E-state index contributed by atoms with van der Waals surface area (Å²) in [6.07, 6.45) is 4.88. The average Bonchev–Trinajstić information content (AvgIpc) is 2.64. The fourth-order valence-electron chi connectivity index (χ4n) is 2.23. The Morgan fingerprint density at radius 3 is 2.64 bits per heavy atom. The number of phenolic OH excluding ortho intramolecular Hbond substituents is 1. The predicted molar refractivity (Wildman–Crippen MR) is 103 cm³/mol. The van der Waals surface area contributed by atoms with E-state index in [1.165, 1.54) is 19.3 Å². The van der Waals surface area contributed by atoms with Gasteiger partial charge in [0.15, 0.2) is 5.78 Å². The second kappa shape index (κ2) is 9.89. The van der Waals surface area contributed by atoms with Crippen LogP contribution in [0, 0.1) is 0 Å². The lowest BCUT2D eigenvalue weighted by Crippen LogP contribution is -2.00. The molecule has 0 heterocycles. The van der Waals surface area contributed by atoms with E-state index >= 15 is 0 Å². The number of aromatic hydroxyl groups is 1. The van der Waals surface area contributed by atoms with Crippen molar-refractivity contribution in [1.82, 2.24) is 0 Å². The van der Waals surface area contributed by atoms with Gasteiger partial charge < -0.3 is 14.6 Å². The van der Waals surface area contributed by atoms with E-state index in [2.05, 4.69) is 15.9 Å². The maximum absolute atomic E-state index is 12.2. The lowest BCUT2D eigenvalue weighted by atomic mass is 10.1. The van der Waals surface area contributed by atoms with E-state index in [1.807, 2.05) is 18.2 Å². The van der Waals surface area contributed by atoms with Crippen LogP contribution < -0.4 is 9.47 Å². The molecule has 0 radical (unpaired) electrons. The van der Waals surface area contributed by atoms with Gasteiger partial charge in [-0.25, -0.2) is 0 Å². The molecular weight excluding hydrogens is 384 g/mol. The Morgan fingerprint density at radius 2 is 1.96 bits per heavy atom. The van der Waals surface area contributed by atoms with Crippen LogP contribution >= 0.6 is 15.9 Å². The topological polar surface area (TPSA) is 55.8 Å². The number of unbranched alkanes of at least 4 members (excludes halogenated alkanes) is 1. The van der Waals surface area contributed by atoms with Crippen molar-refractivity contribution in [1.29, 1.82) is 0 Å². The molecule has 0 bridgehead atoms. The molecule has 2 rings (SSSR count). The molecule has 5 heteroatoms. The molecule has 1 N–H and O–H groups in total. The van der Waals surface area contributed by atoms with Gasteiger partial charge in [-0.15, -0.1) is 0 Å². The summed E-state index contributed by atoms with van der Waals surface area (Å²) in [5.74, 6) is 0.857. The fourth-order valence-corrected chi connectivity index (χ4v) is 2.62. The van der Waals surface area contributed by atoms with Crippen molar-refractivity contribution in [2.45, 2.75) is 12.8 Å². The lowest BCUT2D eigenvalue weighted by molar-refractivity contribution is 0.104. The zero-order chi connectivity index (χ0) is 18.1. The van der Waals surface area contributed by atoms with E-state index in [4.69, 9.17) is 9.47 Å². The summed E-state index contributed by atoms with van der Waals surface area (Å²) in [4.78, 5) is 12.2. The van der Waals surface area contributed by atoms with Crippen LogP contribution in [-0.4, -0.2) is 29.9 Å². The van der Waals surface area contributed by atoms with Gasteiger partial charge in [-0.05, 0) is 25.0 Å². The number of alkyl halides is 1. The SMILES string of the molecule is COc1cc(O)c(C=CC(=O)c2ccccc2)c(OCCCCBr)c1. The Balaban J connectivity index is 2.22. The number of phenols is 1. The highest BCUT2D eigenvalue weighted by atomic mass is 79.9. The highest BCUT2D eigenvalue weighted by molar-refractivity contribution is 9.09. The summed E-state index contributed by atoms with van der Waals surface area (Å²) in [6, 6.07) is 12.2. The van der Waals surface area contributed by atoms with Crippen molar-refractivity contribution in [3.05, 3.63) is 59.7 Å². The number of allylic oxidation sites excluding steroid dienone is 1. The van der Waals surface area contributed by atoms with Crippen molar-refractivity contribution in [2.75, 3.05) is 19.0 Å². The third kappa shape index (κ3) is 5.64. The molecule has 0 fully saturated rings. The van der Waals surface area contributed by atoms with Crippen LogP contribution in [0.1, 0.15) is 28.8 Å². The van der Waals surface area contributed by atoms with Crippen LogP contribution in [0.25, 0.3) is 6.08 Å². The molecule has 0 saturated heterocycles. The first-order valence-electron chi connectivity index (χ1n) is 8.03. The van der Waals surface area contributed by atoms with Crippen molar-refractivity contribution in [2.24, 2.45) is 0 Å². The number of carbonyl (C=O) groups is 1. The van der Waals surface area contributed by atoms with Crippen LogP contribution in [0.4, 0.5) is 0 Å². The minimum atomic E-state index is -0.138. The number of benzene rings is 2. The fraction of sp³-hybridized carbons (Fsp3) is 0.250. The Kier molecular flexibility index (Phi) is 7.54. The van der Waals surface area contributed by atoms with Crippen LogP contribution in [0.2, 0.25) is 0 Å². The van der Waals surface area contributed by atoms with Gasteiger partial charge in [-0.3, -0.25) is 4.79 Å². The molecular formula is C20H21BrO4. The van der Waals surface area contributed by atoms with Crippen molar-refractivity contribution < 1.29 is 19.4 Å². The largest absolute Gasteiger partial charge is 0.507 e. The third-order valence-electron chi connectivity index (χ3n) is 3.57. The summed E-state index contributed by atoms with van der Waals surface area (Å²) in [5, 5.41) is 11.2. The molecule has 0 atom stereocenters. The van der Waals surface area contributed by atoms with Gasteiger partial charge >= 0.3 is 0 Å². The molecule has 2 aromatic carbocycles. The zero-order valence-electron chi connectivity index (χ0n) is 14.1. The summed E-state index contributed by atoms with van der Waals surface area (Å²) < 4.78 is 11.0. The minimum Gasteiger partial charge on any atom is -0.507 e. The molecule has 0 spiro atoms. The quantitative estimate of drug-likeness (QED) is 0.281. The second-order valence-corrected chi connectivity index (χ2v) is 6.16. The van der Waals surface area contributed by atoms with Gasteiger partial charge in [0.1, 0.15) is 17.2 Å². The van der Waals surface area contributed by atoms with E-state index in [1.54, 1.807) is 24.3 Å². The summed E-state index contributed by atoms with van der Waals surface area (Å²) >= 11 is 3.38. The molecule has 0 saturated carbocycles. The monoisotopic (exact) mass is 404 g/mol. The van der Waals surface area contributed by atoms with Gasteiger partial charge in [0.25, 0.3) is 0 Å². The van der Waals surface area contributed by atoms with E-state index in [0.717, 1.165) is 18.2 Å². The van der Waals surface area contributed by atoms with E-state index in [9.17, 15) is 9.90 Å². The molecule has 0 unspecified atom stereocenters. The standard InChI is InChI=1S/C20H21BrO4/c1-24-16-13-19(23)17(20(14-16)25-12-6-5-11-21)9-10-18(22)15-7-3-2-4-8-15/h2-4,7-10,13-14,23H,5-6,11-12H2,1H3. The third-order valence-corrected chi connectivity index (χ3v) is 4.14.